The number of ether oxygens (including phenoxy) is 1. The second-order valence-corrected chi connectivity index (χ2v) is 8.09. The molecule has 0 saturated carbocycles. The Labute approximate surface area is 180 Å². The number of non-ortho nitro benzene ring substituents is 1. The highest BCUT2D eigenvalue weighted by Crippen LogP contribution is 2.24. The molecule has 3 rings (SSSR count). The third kappa shape index (κ3) is 5.25. The molecule has 0 saturated heterocycles. The maximum atomic E-state index is 12.5. The van der Waals surface area contributed by atoms with Crippen molar-refractivity contribution in [3.8, 4) is 11.4 Å². The number of carbonyl (C=O) groups is 1. The molecule has 1 aromatic heterocycles. The van der Waals surface area contributed by atoms with E-state index in [4.69, 9.17) is 4.74 Å². The Bertz CT molecular complexity index is 1080. The molecule has 0 atom stereocenters. The molecule has 1 heterocycles. The summed E-state index contributed by atoms with van der Waals surface area (Å²) in [6.45, 7) is 8.73. The van der Waals surface area contributed by atoms with E-state index in [1.807, 2.05) is 24.3 Å². The minimum absolute atomic E-state index is 0.0638. The number of nitrogens with one attached hydrogen (secondary N) is 1. The molecule has 9 heteroatoms. The van der Waals surface area contributed by atoms with Crippen LogP contribution < -0.4 is 10.1 Å². The van der Waals surface area contributed by atoms with Crippen molar-refractivity contribution in [3.63, 3.8) is 0 Å². The van der Waals surface area contributed by atoms with Crippen LogP contribution in [0.4, 0.5) is 5.69 Å². The largest absolute Gasteiger partial charge is 0.492 e. The van der Waals surface area contributed by atoms with E-state index in [1.54, 1.807) is 19.1 Å². The summed E-state index contributed by atoms with van der Waals surface area (Å²) in [4.78, 5) is 23.0. The number of amides is 1. The number of carbonyl (C=O) groups excluding carboxylic acids is 1. The van der Waals surface area contributed by atoms with Gasteiger partial charge in [-0.15, -0.1) is 5.10 Å². The highest BCUT2D eigenvalue weighted by Gasteiger charge is 2.18. The Hall–Kier alpha value is -3.75. The Balaban J connectivity index is 1.57. The molecule has 0 fully saturated rings. The first-order valence-electron chi connectivity index (χ1n) is 9.85. The van der Waals surface area contributed by atoms with Gasteiger partial charge in [-0.1, -0.05) is 44.2 Å². The number of hydrogen-bond donors (Lipinski definition) is 1. The summed E-state index contributed by atoms with van der Waals surface area (Å²) in [5.41, 5.74) is 2.33. The minimum atomic E-state index is -0.486. The molecule has 1 amide bonds. The van der Waals surface area contributed by atoms with Gasteiger partial charge in [-0.05, 0) is 36.1 Å². The van der Waals surface area contributed by atoms with E-state index in [1.165, 1.54) is 22.4 Å². The highest BCUT2D eigenvalue weighted by molar-refractivity contribution is 5.93. The third-order valence-electron chi connectivity index (χ3n) is 4.77. The maximum Gasteiger partial charge on any atom is 0.273 e. The van der Waals surface area contributed by atoms with Gasteiger partial charge in [-0.2, -0.15) is 0 Å². The molecule has 0 spiro atoms. The van der Waals surface area contributed by atoms with Gasteiger partial charge in [0.2, 0.25) is 0 Å². The van der Waals surface area contributed by atoms with Crippen molar-refractivity contribution in [2.75, 3.05) is 13.2 Å². The lowest BCUT2D eigenvalue weighted by Gasteiger charge is -2.19. The molecule has 3 aromatic rings. The fourth-order valence-corrected chi connectivity index (χ4v) is 2.99. The summed E-state index contributed by atoms with van der Waals surface area (Å²) in [6, 6.07) is 13.9. The number of nitrogens with zero attached hydrogens (tertiary/aromatic N) is 4. The van der Waals surface area contributed by atoms with Crippen LogP contribution in [0.2, 0.25) is 0 Å². The van der Waals surface area contributed by atoms with Crippen LogP contribution in [0.25, 0.3) is 5.69 Å². The lowest BCUT2D eigenvalue weighted by molar-refractivity contribution is -0.384. The third-order valence-corrected chi connectivity index (χ3v) is 4.77. The van der Waals surface area contributed by atoms with Gasteiger partial charge in [0.05, 0.1) is 22.8 Å². The maximum absolute atomic E-state index is 12.5. The number of benzene rings is 2. The van der Waals surface area contributed by atoms with Crippen LogP contribution in [0.3, 0.4) is 0 Å². The first kappa shape index (κ1) is 21.9. The van der Waals surface area contributed by atoms with Gasteiger partial charge in [0.1, 0.15) is 12.4 Å². The number of nitro groups is 1. The van der Waals surface area contributed by atoms with E-state index in [0.29, 0.717) is 24.5 Å². The van der Waals surface area contributed by atoms with Gasteiger partial charge in [0.15, 0.2) is 5.69 Å². The van der Waals surface area contributed by atoms with Gasteiger partial charge in [0.25, 0.3) is 11.6 Å². The second-order valence-electron chi connectivity index (χ2n) is 8.09. The van der Waals surface area contributed by atoms with Gasteiger partial charge in [0, 0.05) is 12.1 Å². The molecule has 0 unspecified atom stereocenters. The van der Waals surface area contributed by atoms with Crippen LogP contribution >= 0.6 is 0 Å². The number of nitro benzene ring substituents is 1. The van der Waals surface area contributed by atoms with E-state index < -0.39 is 4.92 Å². The topological polar surface area (TPSA) is 112 Å². The van der Waals surface area contributed by atoms with E-state index in [9.17, 15) is 14.9 Å². The first-order chi connectivity index (χ1) is 14.7. The average Bonchev–Trinajstić information content (AvgIpc) is 3.12. The van der Waals surface area contributed by atoms with Crippen LogP contribution in [-0.4, -0.2) is 39.0 Å². The van der Waals surface area contributed by atoms with E-state index in [-0.39, 0.29) is 22.7 Å². The predicted molar refractivity (Wildman–Crippen MR) is 116 cm³/mol. The van der Waals surface area contributed by atoms with Crippen molar-refractivity contribution in [3.05, 3.63) is 75.6 Å². The number of hydrogen-bond acceptors (Lipinski definition) is 6. The zero-order chi connectivity index (χ0) is 22.6. The van der Waals surface area contributed by atoms with Gasteiger partial charge in [-0.3, -0.25) is 14.9 Å². The summed E-state index contributed by atoms with van der Waals surface area (Å²) >= 11 is 0. The van der Waals surface area contributed by atoms with Crippen molar-refractivity contribution in [2.24, 2.45) is 0 Å². The lowest BCUT2D eigenvalue weighted by atomic mass is 9.87. The number of rotatable bonds is 7. The fourth-order valence-electron chi connectivity index (χ4n) is 2.99. The molecule has 0 bridgehead atoms. The van der Waals surface area contributed by atoms with Crippen LogP contribution in [0.5, 0.6) is 5.75 Å². The van der Waals surface area contributed by atoms with Crippen molar-refractivity contribution >= 4 is 11.6 Å². The van der Waals surface area contributed by atoms with Crippen molar-refractivity contribution in [1.82, 2.24) is 20.3 Å². The van der Waals surface area contributed by atoms with Gasteiger partial charge >= 0.3 is 0 Å². The monoisotopic (exact) mass is 423 g/mol. The van der Waals surface area contributed by atoms with Crippen LogP contribution in [0.1, 0.15) is 42.5 Å². The quantitative estimate of drug-likeness (QED) is 0.353. The smallest absolute Gasteiger partial charge is 0.273 e. The molecule has 0 radical (unpaired) electrons. The normalized spacial score (nSPS) is 11.2. The van der Waals surface area contributed by atoms with Crippen LogP contribution in [0, 0.1) is 17.0 Å². The average molecular weight is 423 g/mol. The highest BCUT2D eigenvalue weighted by atomic mass is 16.6. The standard InChI is InChI=1S/C22H25N5O4/c1-15-20(24-25-26(15)17-6-5-7-18(14-17)27(29)30)21(28)23-12-13-31-19-10-8-16(9-11-19)22(2,3)4/h5-11,14H,12-13H2,1-4H3,(H,23,28). The summed E-state index contributed by atoms with van der Waals surface area (Å²) in [6.07, 6.45) is 0. The summed E-state index contributed by atoms with van der Waals surface area (Å²) in [5, 5.41) is 21.6. The molecule has 162 valence electrons. The molecule has 0 aliphatic heterocycles. The summed E-state index contributed by atoms with van der Waals surface area (Å²) in [5.74, 6) is 0.343. The molecule has 0 aliphatic carbocycles. The van der Waals surface area contributed by atoms with Gasteiger partial charge < -0.3 is 10.1 Å². The first-order valence-corrected chi connectivity index (χ1v) is 9.85. The SMILES string of the molecule is Cc1c(C(=O)NCCOc2ccc(C(C)(C)C)cc2)nnn1-c1cccc([N+](=O)[O-])c1. The second kappa shape index (κ2) is 8.95. The Morgan fingerprint density at radius 3 is 2.55 bits per heavy atom. The minimum Gasteiger partial charge on any atom is -0.492 e. The molecule has 2 aromatic carbocycles. The van der Waals surface area contributed by atoms with Crippen LogP contribution in [0.15, 0.2) is 48.5 Å². The summed E-state index contributed by atoms with van der Waals surface area (Å²) in [7, 11) is 0. The Morgan fingerprint density at radius 2 is 1.90 bits per heavy atom. The molecule has 31 heavy (non-hydrogen) atoms. The zero-order valence-corrected chi connectivity index (χ0v) is 18.0. The molecule has 1 N–H and O–H groups in total. The zero-order valence-electron chi connectivity index (χ0n) is 18.0. The van der Waals surface area contributed by atoms with Crippen molar-refractivity contribution in [2.45, 2.75) is 33.1 Å². The van der Waals surface area contributed by atoms with E-state index >= 15 is 0 Å². The molecular formula is C22H25N5O4. The lowest BCUT2D eigenvalue weighted by Crippen LogP contribution is -2.29. The van der Waals surface area contributed by atoms with Crippen LogP contribution in [-0.2, 0) is 5.41 Å². The fraction of sp³-hybridized carbons (Fsp3) is 0.318. The Kier molecular flexibility index (Phi) is 6.33. The number of aromatic nitrogens is 3. The molecule has 9 nitrogen and oxygen atoms in total. The van der Waals surface area contributed by atoms with E-state index in [2.05, 4.69) is 36.4 Å². The van der Waals surface area contributed by atoms with Gasteiger partial charge in [-0.25, -0.2) is 4.68 Å². The predicted octanol–water partition coefficient (Wildman–Crippen LogP) is 3.59. The van der Waals surface area contributed by atoms with E-state index in [0.717, 1.165) is 5.75 Å². The summed E-state index contributed by atoms with van der Waals surface area (Å²) < 4.78 is 7.08. The van der Waals surface area contributed by atoms with Crippen molar-refractivity contribution in [1.29, 1.82) is 0 Å². The molecular weight excluding hydrogens is 398 g/mol. The van der Waals surface area contributed by atoms with Crippen molar-refractivity contribution < 1.29 is 14.5 Å². The molecule has 0 aliphatic rings. The Morgan fingerprint density at radius 1 is 1.19 bits per heavy atom.